The van der Waals surface area contributed by atoms with Crippen LogP contribution in [0.2, 0.25) is 0 Å². The Balaban J connectivity index is 2.64. The van der Waals surface area contributed by atoms with Gasteiger partial charge in [-0.3, -0.25) is 4.57 Å². The molecular weight excluding hydrogens is 195 g/mol. The van der Waals surface area contributed by atoms with Gasteiger partial charge < -0.3 is 20.1 Å². The summed E-state index contributed by atoms with van der Waals surface area (Å²) in [5.41, 5.74) is 0. The Kier molecular flexibility index (Phi) is 3.76. The van der Waals surface area contributed by atoms with Crippen molar-refractivity contribution in [3.63, 3.8) is 0 Å². The Bertz CT molecular complexity index is 188. The molecule has 0 radical (unpaired) electrons. The van der Waals surface area contributed by atoms with Crippen LogP contribution < -0.4 is 0 Å². The summed E-state index contributed by atoms with van der Waals surface area (Å²) in [6.07, 6.45) is -4.59. The highest BCUT2D eigenvalue weighted by atomic mass is 31.1. The first-order valence-corrected chi connectivity index (χ1v) is 5.06. The van der Waals surface area contributed by atoms with Gasteiger partial charge in [0.05, 0.1) is 18.4 Å². The second kappa shape index (κ2) is 4.44. The van der Waals surface area contributed by atoms with Crippen LogP contribution >= 0.6 is 8.46 Å². The minimum absolute atomic E-state index is 0.120. The Labute approximate surface area is 77.5 Å². The number of ether oxygens (including phenoxy) is 1. The molecular formula is C7H13O5P. The van der Waals surface area contributed by atoms with E-state index in [9.17, 15) is 19.9 Å². The first-order chi connectivity index (χ1) is 6.07. The van der Waals surface area contributed by atoms with E-state index in [4.69, 9.17) is 4.74 Å². The van der Waals surface area contributed by atoms with Crippen LogP contribution in [0.4, 0.5) is 0 Å². The Morgan fingerprint density at radius 3 is 2.38 bits per heavy atom. The van der Waals surface area contributed by atoms with Crippen LogP contribution in [0.1, 0.15) is 6.92 Å². The van der Waals surface area contributed by atoms with E-state index in [-0.39, 0.29) is 14.6 Å². The minimum atomic E-state index is -1.23. The topological polar surface area (TPSA) is 87.0 Å². The maximum absolute atomic E-state index is 10.3. The second-order valence-corrected chi connectivity index (χ2v) is 3.79. The molecule has 1 rings (SSSR count). The normalized spacial score (nSPS) is 46.6. The molecule has 0 aromatic carbocycles. The first kappa shape index (κ1) is 11.0. The van der Waals surface area contributed by atoms with Gasteiger partial charge in [-0.25, -0.2) is 0 Å². The average Bonchev–Trinajstić information content (AvgIpc) is 2.11. The molecule has 1 saturated heterocycles. The van der Waals surface area contributed by atoms with Gasteiger partial charge in [0.15, 0.2) is 8.46 Å². The molecule has 13 heavy (non-hydrogen) atoms. The number of rotatable bonds is 2. The quantitative estimate of drug-likeness (QED) is 0.514. The summed E-state index contributed by atoms with van der Waals surface area (Å²) in [5.74, 6) is 0. The maximum atomic E-state index is 10.3. The predicted octanol–water partition coefficient (Wildman–Crippen LogP) is -0.852. The van der Waals surface area contributed by atoms with Crippen LogP contribution in [-0.4, -0.2) is 52.0 Å². The van der Waals surface area contributed by atoms with E-state index < -0.39 is 30.5 Å². The second-order valence-electron chi connectivity index (χ2n) is 3.16. The molecule has 3 N–H and O–H groups in total. The van der Waals surface area contributed by atoms with Crippen molar-refractivity contribution >= 4 is 8.46 Å². The Hall–Kier alpha value is -0.0600. The SMILES string of the molecule is C[C@@H]1O[C@H](CP=O)[C@@H](O)[C@H](O)[C@H]1O. The molecule has 5 atom stereocenters. The summed E-state index contributed by atoms with van der Waals surface area (Å²) < 4.78 is 15.4. The molecule has 0 saturated carbocycles. The van der Waals surface area contributed by atoms with Crippen molar-refractivity contribution in [2.75, 3.05) is 6.16 Å². The Morgan fingerprint density at radius 2 is 1.85 bits per heavy atom. The fourth-order valence-electron chi connectivity index (χ4n) is 1.36. The van der Waals surface area contributed by atoms with Crippen molar-refractivity contribution in [3.8, 4) is 0 Å². The van der Waals surface area contributed by atoms with E-state index in [1.165, 1.54) is 0 Å². The van der Waals surface area contributed by atoms with Gasteiger partial charge in [0.2, 0.25) is 0 Å². The van der Waals surface area contributed by atoms with Crippen molar-refractivity contribution in [3.05, 3.63) is 0 Å². The van der Waals surface area contributed by atoms with Gasteiger partial charge in [-0.15, -0.1) is 0 Å². The minimum Gasteiger partial charge on any atom is -0.388 e. The molecule has 0 unspecified atom stereocenters. The lowest BCUT2D eigenvalue weighted by molar-refractivity contribution is -0.210. The van der Waals surface area contributed by atoms with E-state index in [0.717, 1.165) is 0 Å². The zero-order valence-corrected chi connectivity index (χ0v) is 8.09. The third kappa shape index (κ3) is 2.24. The van der Waals surface area contributed by atoms with Crippen molar-refractivity contribution in [2.45, 2.75) is 37.4 Å². The lowest BCUT2D eigenvalue weighted by Crippen LogP contribution is -2.57. The molecule has 1 aliphatic heterocycles. The Morgan fingerprint density at radius 1 is 1.23 bits per heavy atom. The zero-order valence-electron chi connectivity index (χ0n) is 7.20. The van der Waals surface area contributed by atoms with Crippen molar-refractivity contribution in [1.82, 2.24) is 0 Å². The third-order valence-electron chi connectivity index (χ3n) is 2.21. The van der Waals surface area contributed by atoms with Gasteiger partial charge in [0, 0.05) is 0 Å². The van der Waals surface area contributed by atoms with Gasteiger partial charge in [0.25, 0.3) is 0 Å². The third-order valence-corrected chi connectivity index (χ3v) is 2.71. The summed E-state index contributed by atoms with van der Waals surface area (Å²) in [6.45, 7) is 1.59. The molecule has 0 spiro atoms. The number of hydrogen-bond donors (Lipinski definition) is 3. The molecule has 76 valence electrons. The lowest BCUT2D eigenvalue weighted by Gasteiger charge is -2.38. The highest BCUT2D eigenvalue weighted by Gasteiger charge is 2.41. The van der Waals surface area contributed by atoms with Crippen LogP contribution in [0.5, 0.6) is 0 Å². The number of aliphatic hydroxyl groups is 3. The van der Waals surface area contributed by atoms with Crippen LogP contribution in [0.15, 0.2) is 0 Å². The molecule has 6 heteroatoms. The monoisotopic (exact) mass is 208 g/mol. The van der Waals surface area contributed by atoms with Gasteiger partial charge in [-0.05, 0) is 6.92 Å². The molecule has 1 fully saturated rings. The van der Waals surface area contributed by atoms with Crippen molar-refractivity contribution < 1.29 is 24.6 Å². The van der Waals surface area contributed by atoms with Crippen LogP contribution in [0.3, 0.4) is 0 Å². The summed E-state index contributed by atoms with van der Waals surface area (Å²) in [7, 11) is -0.146. The highest BCUT2D eigenvalue weighted by Crippen LogP contribution is 2.22. The maximum Gasteiger partial charge on any atom is 0.158 e. The number of aliphatic hydroxyl groups excluding tert-OH is 3. The van der Waals surface area contributed by atoms with Crippen molar-refractivity contribution in [1.29, 1.82) is 0 Å². The molecule has 0 amide bonds. The summed E-state index contributed by atoms with van der Waals surface area (Å²) in [6, 6.07) is 0. The fourth-order valence-corrected chi connectivity index (χ4v) is 1.81. The molecule has 0 aromatic heterocycles. The van der Waals surface area contributed by atoms with Crippen LogP contribution in [0.25, 0.3) is 0 Å². The molecule has 1 aliphatic rings. The zero-order chi connectivity index (χ0) is 10.0. The van der Waals surface area contributed by atoms with E-state index in [2.05, 4.69) is 0 Å². The van der Waals surface area contributed by atoms with Crippen LogP contribution in [0, 0.1) is 0 Å². The van der Waals surface area contributed by atoms with Crippen molar-refractivity contribution in [2.24, 2.45) is 0 Å². The first-order valence-electron chi connectivity index (χ1n) is 4.06. The van der Waals surface area contributed by atoms with Crippen LogP contribution in [-0.2, 0) is 9.30 Å². The molecule has 1 heterocycles. The van der Waals surface area contributed by atoms with Gasteiger partial charge in [0.1, 0.15) is 18.3 Å². The highest BCUT2D eigenvalue weighted by molar-refractivity contribution is 7.23. The standard InChI is InChI=1S/C7H13O5P/c1-3-5(8)7(10)6(9)4(12-3)2-13-11/h3-10H,2H2,1H3/t3-,4+,5-,6+,7+/m0/s1. The van der Waals surface area contributed by atoms with Gasteiger partial charge in [-0.1, -0.05) is 0 Å². The van der Waals surface area contributed by atoms with E-state index >= 15 is 0 Å². The van der Waals surface area contributed by atoms with E-state index in [1.807, 2.05) is 0 Å². The summed E-state index contributed by atoms with van der Waals surface area (Å²) >= 11 is 0. The van der Waals surface area contributed by atoms with Gasteiger partial charge in [-0.2, -0.15) is 0 Å². The molecule has 0 bridgehead atoms. The van der Waals surface area contributed by atoms with E-state index in [1.54, 1.807) is 6.92 Å². The van der Waals surface area contributed by atoms with E-state index in [0.29, 0.717) is 0 Å². The fraction of sp³-hybridized carbons (Fsp3) is 1.00. The molecule has 0 aromatic rings. The summed E-state index contributed by atoms with van der Waals surface area (Å²) in [5, 5.41) is 28.0. The number of hydrogen-bond acceptors (Lipinski definition) is 5. The molecule has 5 nitrogen and oxygen atoms in total. The lowest BCUT2D eigenvalue weighted by atomic mass is 9.96. The average molecular weight is 208 g/mol. The van der Waals surface area contributed by atoms with Gasteiger partial charge >= 0.3 is 0 Å². The summed E-state index contributed by atoms with van der Waals surface area (Å²) in [4.78, 5) is 0. The smallest absolute Gasteiger partial charge is 0.158 e. The molecule has 0 aliphatic carbocycles. The largest absolute Gasteiger partial charge is 0.388 e. The predicted molar refractivity (Wildman–Crippen MR) is 44.8 cm³/mol.